The summed E-state index contributed by atoms with van der Waals surface area (Å²) in [7, 11) is 0. The van der Waals surface area contributed by atoms with E-state index in [2.05, 4.69) is 25.3 Å². The van der Waals surface area contributed by atoms with Gasteiger partial charge in [0.2, 0.25) is 5.95 Å². The molecule has 0 amide bonds. The third-order valence-corrected chi connectivity index (χ3v) is 4.08. The van der Waals surface area contributed by atoms with Crippen molar-refractivity contribution in [2.75, 3.05) is 17.2 Å². The number of carbonyl (C=O) groups excluding carboxylic acids is 1. The van der Waals surface area contributed by atoms with Crippen molar-refractivity contribution < 1.29 is 27.4 Å². The Morgan fingerprint density at radius 1 is 1.28 bits per heavy atom. The SMILES string of the molecule is C/C=C(\C)OC(=O)CCCNc1nc(NCc2ccccc2OC(F)(F)F)ncc1C#N. The average molecular weight is 449 g/mol. The highest BCUT2D eigenvalue weighted by atomic mass is 19.4. The van der Waals surface area contributed by atoms with Crippen molar-refractivity contribution in [1.82, 2.24) is 9.97 Å². The van der Waals surface area contributed by atoms with E-state index >= 15 is 0 Å². The van der Waals surface area contributed by atoms with E-state index in [0.29, 0.717) is 18.7 Å². The molecule has 1 heterocycles. The second-order valence-corrected chi connectivity index (χ2v) is 6.48. The Balaban J connectivity index is 1.97. The number of allylic oxidation sites excluding steroid dienone is 2. The Hall–Kier alpha value is -3.81. The van der Waals surface area contributed by atoms with Crippen LogP contribution in [0.1, 0.15) is 37.8 Å². The lowest BCUT2D eigenvalue weighted by Gasteiger charge is -2.14. The lowest BCUT2D eigenvalue weighted by atomic mass is 10.2. The molecule has 0 aliphatic carbocycles. The summed E-state index contributed by atoms with van der Waals surface area (Å²) in [4.78, 5) is 19.9. The van der Waals surface area contributed by atoms with Crippen molar-refractivity contribution in [3.05, 3.63) is 53.4 Å². The molecule has 8 nitrogen and oxygen atoms in total. The van der Waals surface area contributed by atoms with Crippen LogP contribution in [0.5, 0.6) is 5.75 Å². The molecule has 0 spiro atoms. The molecule has 0 saturated heterocycles. The molecule has 2 N–H and O–H groups in total. The summed E-state index contributed by atoms with van der Waals surface area (Å²) in [5.41, 5.74) is 0.436. The van der Waals surface area contributed by atoms with Crippen molar-refractivity contribution in [3.8, 4) is 11.8 Å². The molecule has 0 fully saturated rings. The fourth-order valence-corrected chi connectivity index (χ4v) is 2.46. The van der Waals surface area contributed by atoms with Gasteiger partial charge in [0.1, 0.15) is 29.0 Å². The van der Waals surface area contributed by atoms with E-state index in [0.717, 1.165) is 0 Å². The highest BCUT2D eigenvalue weighted by Crippen LogP contribution is 2.26. The maximum absolute atomic E-state index is 12.6. The fourth-order valence-electron chi connectivity index (χ4n) is 2.46. The first-order valence-electron chi connectivity index (χ1n) is 9.64. The number of para-hydroxylation sites is 1. The quantitative estimate of drug-likeness (QED) is 0.310. The molecule has 2 aromatic rings. The van der Waals surface area contributed by atoms with Gasteiger partial charge in [-0.05, 0) is 32.4 Å². The number of hydrogen-bond donors (Lipinski definition) is 2. The predicted octanol–water partition coefficient (Wildman–Crippen LogP) is 4.52. The summed E-state index contributed by atoms with van der Waals surface area (Å²) >= 11 is 0. The van der Waals surface area contributed by atoms with Crippen molar-refractivity contribution in [3.63, 3.8) is 0 Å². The molecule has 0 bridgehead atoms. The minimum Gasteiger partial charge on any atom is -0.432 e. The molecular formula is C21H22F3N5O3. The van der Waals surface area contributed by atoms with Gasteiger partial charge in [-0.1, -0.05) is 18.2 Å². The van der Waals surface area contributed by atoms with Gasteiger partial charge in [-0.2, -0.15) is 10.2 Å². The summed E-state index contributed by atoms with van der Waals surface area (Å²) in [6.07, 6.45) is -1.23. The van der Waals surface area contributed by atoms with Crippen LogP contribution in [0.15, 0.2) is 42.3 Å². The molecular weight excluding hydrogens is 427 g/mol. The zero-order chi connectivity index (χ0) is 23.6. The molecule has 1 aromatic heterocycles. The number of benzene rings is 1. The first kappa shape index (κ1) is 24.5. The van der Waals surface area contributed by atoms with Crippen LogP contribution in [0.4, 0.5) is 24.9 Å². The molecule has 32 heavy (non-hydrogen) atoms. The number of alkyl halides is 3. The topological polar surface area (TPSA) is 109 Å². The van der Waals surface area contributed by atoms with Crippen LogP contribution >= 0.6 is 0 Å². The van der Waals surface area contributed by atoms with Gasteiger partial charge in [0.15, 0.2) is 0 Å². The third-order valence-electron chi connectivity index (χ3n) is 4.08. The molecule has 1 aromatic carbocycles. The Morgan fingerprint density at radius 3 is 2.72 bits per heavy atom. The number of nitrogens with one attached hydrogen (secondary N) is 2. The molecule has 0 radical (unpaired) electrons. The summed E-state index contributed by atoms with van der Waals surface area (Å²) < 4.78 is 46.8. The standard InChI is InChI=1S/C21H22F3N5O3/c1-3-14(2)31-18(30)9-6-10-26-19-16(11-25)13-28-20(29-19)27-12-15-7-4-5-8-17(15)32-21(22,23)24/h3-5,7-8,13H,6,9-10,12H2,1-2H3,(H2,26,27,28,29)/b14-3+. The Morgan fingerprint density at radius 2 is 2.03 bits per heavy atom. The molecule has 11 heteroatoms. The van der Waals surface area contributed by atoms with Crippen LogP contribution < -0.4 is 15.4 Å². The van der Waals surface area contributed by atoms with E-state index < -0.39 is 6.36 Å². The largest absolute Gasteiger partial charge is 0.573 e. The minimum absolute atomic E-state index is 0.0340. The van der Waals surface area contributed by atoms with Crippen molar-refractivity contribution >= 4 is 17.7 Å². The summed E-state index contributed by atoms with van der Waals surface area (Å²) in [6.45, 7) is 3.75. The average Bonchev–Trinajstić information content (AvgIpc) is 2.75. The van der Waals surface area contributed by atoms with Crippen LogP contribution in [-0.4, -0.2) is 28.8 Å². The normalized spacial score (nSPS) is 11.4. The zero-order valence-electron chi connectivity index (χ0n) is 17.5. The van der Waals surface area contributed by atoms with Gasteiger partial charge in [0.05, 0.1) is 6.20 Å². The Kier molecular flexibility index (Phi) is 8.83. The number of rotatable bonds is 10. The maximum atomic E-state index is 12.6. The van der Waals surface area contributed by atoms with E-state index in [1.165, 1.54) is 24.4 Å². The van der Waals surface area contributed by atoms with Gasteiger partial charge in [-0.15, -0.1) is 13.2 Å². The zero-order valence-corrected chi connectivity index (χ0v) is 17.5. The van der Waals surface area contributed by atoms with Crippen molar-refractivity contribution in [2.45, 2.75) is 39.6 Å². The molecule has 2 rings (SSSR count). The number of halogens is 3. The third kappa shape index (κ3) is 8.14. The number of hydrogen-bond acceptors (Lipinski definition) is 8. The summed E-state index contributed by atoms with van der Waals surface area (Å²) in [5, 5.41) is 15.0. The lowest BCUT2D eigenvalue weighted by Crippen LogP contribution is -2.18. The van der Waals surface area contributed by atoms with Gasteiger partial charge in [-0.25, -0.2) is 4.98 Å². The summed E-state index contributed by atoms with van der Waals surface area (Å²) in [5.74, 6) is 0.162. The fraction of sp³-hybridized carbons (Fsp3) is 0.333. The number of nitriles is 1. The van der Waals surface area contributed by atoms with Gasteiger partial charge in [0, 0.05) is 25.1 Å². The smallest absolute Gasteiger partial charge is 0.432 e. The molecule has 0 aliphatic rings. The van der Waals surface area contributed by atoms with E-state index in [9.17, 15) is 23.2 Å². The Labute approximate surface area is 183 Å². The van der Waals surface area contributed by atoms with Gasteiger partial charge >= 0.3 is 12.3 Å². The van der Waals surface area contributed by atoms with Crippen LogP contribution in [0.25, 0.3) is 0 Å². The number of carbonyl (C=O) groups is 1. The molecule has 0 unspecified atom stereocenters. The number of ether oxygens (including phenoxy) is 2. The number of anilines is 2. The first-order chi connectivity index (χ1) is 15.2. The number of esters is 1. The monoisotopic (exact) mass is 449 g/mol. The van der Waals surface area contributed by atoms with Crippen LogP contribution in [0, 0.1) is 11.3 Å². The van der Waals surface area contributed by atoms with Gasteiger partial charge < -0.3 is 20.1 Å². The van der Waals surface area contributed by atoms with Crippen LogP contribution in [-0.2, 0) is 16.1 Å². The highest BCUT2D eigenvalue weighted by molar-refractivity contribution is 5.70. The van der Waals surface area contributed by atoms with E-state index in [-0.39, 0.29) is 47.6 Å². The molecule has 170 valence electrons. The van der Waals surface area contributed by atoms with Crippen LogP contribution in [0.2, 0.25) is 0 Å². The maximum Gasteiger partial charge on any atom is 0.573 e. The summed E-state index contributed by atoms with van der Waals surface area (Å²) in [6, 6.07) is 7.65. The first-order valence-corrected chi connectivity index (χ1v) is 9.64. The second-order valence-electron chi connectivity index (χ2n) is 6.48. The van der Waals surface area contributed by atoms with Gasteiger partial charge in [-0.3, -0.25) is 4.79 Å². The number of aromatic nitrogens is 2. The number of nitrogens with zero attached hydrogens (tertiary/aromatic N) is 3. The van der Waals surface area contributed by atoms with Gasteiger partial charge in [0.25, 0.3) is 0 Å². The van der Waals surface area contributed by atoms with E-state index in [4.69, 9.17) is 4.74 Å². The molecule has 0 aliphatic heterocycles. The predicted molar refractivity (Wildman–Crippen MR) is 110 cm³/mol. The van der Waals surface area contributed by atoms with Crippen LogP contribution in [0.3, 0.4) is 0 Å². The van der Waals surface area contributed by atoms with E-state index in [1.807, 2.05) is 6.07 Å². The second kappa shape index (κ2) is 11.5. The van der Waals surface area contributed by atoms with E-state index in [1.54, 1.807) is 26.0 Å². The highest BCUT2D eigenvalue weighted by Gasteiger charge is 2.31. The minimum atomic E-state index is -4.81. The lowest BCUT2D eigenvalue weighted by molar-refractivity contribution is -0.274. The molecule has 0 saturated carbocycles. The van der Waals surface area contributed by atoms with Crippen molar-refractivity contribution in [2.24, 2.45) is 0 Å². The Bertz CT molecular complexity index is 1000. The van der Waals surface area contributed by atoms with Crippen molar-refractivity contribution in [1.29, 1.82) is 5.26 Å². The molecule has 0 atom stereocenters.